The summed E-state index contributed by atoms with van der Waals surface area (Å²) in [7, 11) is 0. The maximum Gasteiger partial charge on any atom is 0.269 e. The highest BCUT2D eigenvalue weighted by molar-refractivity contribution is 6.05. The molecule has 0 fully saturated rings. The molecule has 1 aliphatic rings. The standard InChI is InChI=1S/C12H9N5O3/c13-11-10-12(15-6-14-11)20-5-9(16-10)7-1-3-8(4-2-7)17(18)19/h1-4,6H,5H2,(H2,13,14,15). The highest BCUT2D eigenvalue weighted by Gasteiger charge is 2.19. The molecule has 2 N–H and O–H groups in total. The maximum atomic E-state index is 10.6. The Balaban J connectivity index is 1.99. The van der Waals surface area contributed by atoms with Crippen LogP contribution in [-0.4, -0.2) is 27.2 Å². The topological polar surface area (TPSA) is 117 Å². The fourth-order valence-electron chi connectivity index (χ4n) is 1.81. The van der Waals surface area contributed by atoms with E-state index in [-0.39, 0.29) is 18.1 Å². The van der Waals surface area contributed by atoms with Crippen LogP contribution in [0.2, 0.25) is 0 Å². The number of rotatable bonds is 2. The van der Waals surface area contributed by atoms with Gasteiger partial charge in [-0.15, -0.1) is 0 Å². The van der Waals surface area contributed by atoms with Crippen LogP contribution in [0, 0.1) is 10.1 Å². The van der Waals surface area contributed by atoms with Crippen molar-refractivity contribution in [2.45, 2.75) is 0 Å². The number of aromatic nitrogens is 2. The summed E-state index contributed by atoms with van der Waals surface area (Å²) in [5.74, 6) is 0.567. The lowest BCUT2D eigenvalue weighted by Gasteiger charge is -2.16. The summed E-state index contributed by atoms with van der Waals surface area (Å²) in [6.45, 7) is 0.223. The molecule has 0 spiro atoms. The van der Waals surface area contributed by atoms with Gasteiger partial charge in [0.05, 0.1) is 10.6 Å². The summed E-state index contributed by atoms with van der Waals surface area (Å²) in [4.78, 5) is 22.3. The molecule has 2 aromatic rings. The molecule has 20 heavy (non-hydrogen) atoms. The summed E-state index contributed by atoms with van der Waals surface area (Å²) in [5.41, 5.74) is 7.47. The Bertz CT molecular complexity index is 712. The van der Waals surface area contributed by atoms with Gasteiger partial charge < -0.3 is 10.5 Å². The normalized spacial score (nSPS) is 13.1. The smallest absolute Gasteiger partial charge is 0.269 e. The van der Waals surface area contributed by atoms with Crippen LogP contribution in [0.4, 0.5) is 17.2 Å². The molecule has 8 heteroatoms. The quantitative estimate of drug-likeness (QED) is 0.653. The van der Waals surface area contributed by atoms with Crippen molar-refractivity contribution in [3.8, 4) is 5.88 Å². The lowest BCUT2D eigenvalue weighted by atomic mass is 10.1. The fraction of sp³-hybridized carbons (Fsp3) is 0.0833. The molecule has 1 aliphatic heterocycles. The van der Waals surface area contributed by atoms with Crippen LogP contribution in [0.5, 0.6) is 5.88 Å². The Labute approximate surface area is 113 Å². The van der Waals surface area contributed by atoms with E-state index in [2.05, 4.69) is 15.0 Å². The van der Waals surface area contributed by atoms with E-state index in [9.17, 15) is 10.1 Å². The van der Waals surface area contributed by atoms with E-state index < -0.39 is 4.92 Å². The third kappa shape index (κ3) is 2.03. The zero-order valence-electron chi connectivity index (χ0n) is 10.2. The number of non-ortho nitro benzene ring substituents is 1. The monoisotopic (exact) mass is 271 g/mol. The third-order valence-electron chi connectivity index (χ3n) is 2.82. The van der Waals surface area contributed by atoms with Crippen LogP contribution < -0.4 is 10.5 Å². The molecular formula is C12H9N5O3. The number of ether oxygens (including phenoxy) is 1. The average Bonchev–Trinajstić information content (AvgIpc) is 2.47. The van der Waals surface area contributed by atoms with Crippen molar-refractivity contribution < 1.29 is 9.66 Å². The molecule has 0 radical (unpaired) electrons. The van der Waals surface area contributed by atoms with E-state index in [1.807, 2.05) is 0 Å². The van der Waals surface area contributed by atoms with Gasteiger partial charge in [0.15, 0.2) is 11.5 Å². The first kappa shape index (κ1) is 12.0. The predicted octanol–water partition coefficient (Wildman–Crippen LogP) is 1.48. The van der Waals surface area contributed by atoms with Crippen LogP contribution in [0.1, 0.15) is 5.56 Å². The molecule has 2 heterocycles. The Hall–Kier alpha value is -3.03. The summed E-state index contributed by atoms with van der Waals surface area (Å²) < 4.78 is 5.45. The van der Waals surface area contributed by atoms with E-state index in [1.54, 1.807) is 12.1 Å². The first-order chi connectivity index (χ1) is 9.65. The number of nitro groups is 1. The number of nitrogens with two attached hydrogens (primary N) is 1. The Morgan fingerprint density at radius 2 is 2.00 bits per heavy atom. The first-order valence-electron chi connectivity index (χ1n) is 5.71. The van der Waals surface area contributed by atoms with Crippen LogP contribution in [-0.2, 0) is 0 Å². The maximum absolute atomic E-state index is 10.6. The Morgan fingerprint density at radius 1 is 1.25 bits per heavy atom. The highest BCUT2D eigenvalue weighted by atomic mass is 16.6. The number of anilines is 1. The summed E-state index contributed by atoms with van der Waals surface area (Å²) in [5, 5.41) is 10.6. The van der Waals surface area contributed by atoms with Gasteiger partial charge in [-0.2, -0.15) is 4.98 Å². The Morgan fingerprint density at radius 3 is 2.70 bits per heavy atom. The van der Waals surface area contributed by atoms with Crippen molar-refractivity contribution >= 4 is 22.9 Å². The van der Waals surface area contributed by atoms with Gasteiger partial charge in [0.2, 0.25) is 5.88 Å². The molecule has 0 saturated carbocycles. The van der Waals surface area contributed by atoms with Gasteiger partial charge in [-0.05, 0) is 17.7 Å². The molecule has 100 valence electrons. The van der Waals surface area contributed by atoms with Crippen molar-refractivity contribution in [2.75, 3.05) is 12.3 Å². The molecule has 0 bridgehead atoms. The molecular weight excluding hydrogens is 262 g/mol. The number of nitrogens with zero attached hydrogens (tertiary/aromatic N) is 4. The van der Waals surface area contributed by atoms with Gasteiger partial charge in [0, 0.05) is 12.1 Å². The summed E-state index contributed by atoms with van der Waals surface area (Å²) >= 11 is 0. The lowest BCUT2D eigenvalue weighted by molar-refractivity contribution is -0.384. The van der Waals surface area contributed by atoms with E-state index in [0.29, 0.717) is 17.3 Å². The second kappa shape index (κ2) is 4.57. The van der Waals surface area contributed by atoms with Crippen molar-refractivity contribution in [3.05, 3.63) is 46.3 Å². The minimum Gasteiger partial charge on any atom is -0.469 e. The zero-order chi connectivity index (χ0) is 14.1. The van der Waals surface area contributed by atoms with Gasteiger partial charge in [-0.25, -0.2) is 9.98 Å². The number of nitro benzene ring substituents is 1. The van der Waals surface area contributed by atoms with Gasteiger partial charge in [-0.3, -0.25) is 10.1 Å². The summed E-state index contributed by atoms with van der Waals surface area (Å²) in [6.07, 6.45) is 1.31. The molecule has 0 amide bonds. The van der Waals surface area contributed by atoms with Crippen molar-refractivity contribution in [3.63, 3.8) is 0 Å². The molecule has 8 nitrogen and oxygen atoms in total. The largest absolute Gasteiger partial charge is 0.469 e. The molecule has 0 unspecified atom stereocenters. The molecule has 0 aliphatic carbocycles. The van der Waals surface area contributed by atoms with E-state index in [4.69, 9.17) is 10.5 Å². The average molecular weight is 271 g/mol. The SMILES string of the molecule is Nc1ncnc2c1N=C(c1ccc([N+](=O)[O-])cc1)CO2. The molecule has 0 atom stereocenters. The lowest BCUT2D eigenvalue weighted by Crippen LogP contribution is -2.17. The molecule has 0 saturated heterocycles. The van der Waals surface area contributed by atoms with Gasteiger partial charge in [0.1, 0.15) is 12.9 Å². The minimum absolute atomic E-state index is 0.0225. The number of hydrogen-bond acceptors (Lipinski definition) is 7. The van der Waals surface area contributed by atoms with Crippen molar-refractivity contribution in [1.82, 2.24) is 9.97 Å². The van der Waals surface area contributed by atoms with E-state index in [1.165, 1.54) is 18.5 Å². The number of hydrogen-bond donors (Lipinski definition) is 1. The second-order valence-electron chi connectivity index (χ2n) is 4.06. The Kier molecular flexibility index (Phi) is 2.75. The second-order valence-corrected chi connectivity index (χ2v) is 4.06. The van der Waals surface area contributed by atoms with Crippen molar-refractivity contribution in [1.29, 1.82) is 0 Å². The van der Waals surface area contributed by atoms with Gasteiger partial charge >= 0.3 is 0 Å². The number of benzene rings is 1. The minimum atomic E-state index is -0.454. The van der Waals surface area contributed by atoms with Gasteiger partial charge in [-0.1, -0.05) is 0 Å². The van der Waals surface area contributed by atoms with E-state index >= 15 is 0 Å². The number of fused-ring (bicyclic) bond motifs is 1. The van der Waals surface area contributed by atoms with Crippen molar-refractivity contribution in [2.24, 2.45) is 4.99 Å². The number of nitrogen functional groups attached to an aromatic ring is 1. The molecule has 1 aromatic carbocycles. The highest BCUT2D eigenvalue weighted by Crippen LogP contribution is 2.33. The van der Waals surface area contributed by atoms with Gasteiger partial charge in [0.25, 0.3) is 5.69 Å². The van der Waals surface area contributed by atoms with Crippen LogP contribution in [0.15, 0.2) is 35.6 Å². The van der Waals surface area contributed by atoms with E-state index in [0.717, 1.165) is 5.56 Å². The summed E-state index contributed by atoms with van der Waals surface area (Å²) in [6, 6.07) is 6.06. The first-order valence-corrected chi connectivity index (χ1v) is 5.71. The third-order valence-corrected chi connectivity index (χ3v) is 2.82. The van der Waals surface area contributed by atoms with Crippen LogP contribution in [0.25, 0.3) is 0 Å². The molecule has 1 aromatic heterocycles. The fourth-order valence-corrected chi connectivity index (χ4v) is 1.81. The van der Waals surface area contributed by atoms with Crippen LogP contribution in [0.3, 0.4) is 0 Å². The number of aliphatic imine (C=N–C) groups is 1. The predicted molar refractivity (Wildman–Crippen MR) is 71.2 cm³/mol. The van der Waals surface area contributed by atoms with Crippen LogP contribution >= 0.6 is 0 Å². The zero-order valence-corrected chi connectivity index (χ0v) is 10.2. The molecule has 3 rings (SSSR count).